The van der Waals surface area contributed by atoms with Gasteiger partial charge in [0.1, 0.15) is 10.7 Å². The van der Waals surface area contributed by atoms with E-state index >= 15 is 0 Å². The van der Waals surface area contributed by atoms with Gasteiger partial charge in [-0.05, 0) is 34.7 Å². The van der Waals surface area contributed by atoms with Gasteiger partial charge in [-0.3, -0.25) is 0 Å². The lowest BCUT2D eigenvalue weighted by Gasteiger charge is -2.24. The molecule has 0 aliphatic heterocycles. The number of alkyl halides is 3. The Morgan fingerprint density at radius 3 is 2.44 bits per heavy atom. The van der Waals surface area contributed by atoms with E-state index in [0.29, 0.717) is 20.9 Å². The highest BCUT2D eigenvalue weighted by molar-refractivity contribution is 8.11. The summed E-state index contributed by atoms with van der Waals surface area (Å²) in [7, 11) is -2.83. The minimum Gasteiger partial charge on any atom is -0.404 e. The lowest BCUT2D eigenvalue weighted by Crippen LogP contribution is -2.39. The van der Waals surface area contributed by atoms with Crippen molar-refractivity contribution in [2.45, 2.75) is 18.1 Å². The molecule has 192 valence electrons. The van der Waals surface area contributed by atoms with Crippen LogP contribution < -0.4 is 16.8 Å². The molecule has 2 aromatic carbocycles. The summed E-state index contributed by atoms with van der Waals surface area (Å²) >= 11 is 1.20. The summed E-state index contributed by atoms with van der Waals surface area (Å²) in [6.45, 7) is 4.04. The van der Waals surface area contributed by atoms with Crippen molar-refractivity contribution in [1.82, 2.24) is 10.3 Å². The van der Waals surface area contributed by atoms with Crippen LogP contribution in [0, 0.1) is 5.95 Å². The highest BCUT2D eigenvalue weighted by atomic mass is 32.2. The maximum atomic E-state index is 13.5. The van der Waals surface area contributed by atoms with Crippen molar-refractivity contribution in [2.24, 2.45) is 11.5 Å². The standard InChI is InChI=1S/C24H24F4N4O2S2/c1-14(35-22(10-29)16-2-3-17-11-32-23(25)9-18(17)8-16)31-12-21(30)20(13-36(33)34)15-4-6-19(7-5-15)24(26,27)28/h2-11,20-21,31,36H,1,12-13,29-30H2/b22-10-/t20-,21+/m0/s1. The summed E-state index contributed by atoms with van der Waals surface area (Å²) in [6, 6.07) is 10.2. The van der Waals surface area contributed by atoms with Crippen LogP contribution in [0.5, 0.6) is 0 Å². The van der Waals surface area contributed by atoms with Crippen molar-refractivity contribution >= 4 is 38.1 Å². The fourth-order valence-electron chi connectivity index (χ4n) is 3.57. The zero-order valence-corrected chi connectivity index (χ0v) is 20.5. The molecule has 0 fully saturated rings. The second kappa shape index (κ2) is 11.8. The van der Waals surface area contributed by atoms with Crippen molar-refractivity contribution in [2.75, 3.05) is 12.3 Å². The van der Waals surface area contributed by atoms with Crippen LogP contribution in [0.25, 0.3) is 15.7 Å². The lowest BCUT2D eigenvalue weighted by atomic mass is 9.93. The van der Waals surface area contributed by atoms with E-state index in [9.17, 15) is 26.0 Å². The third-order valence-corrected chi connectivity index (χ3v) is 7.10. The smallest absolute Gasteiger partial charge is 0.404 e. The number of benzene rings is 2. The summed E-state index contributed by atoms with van der Waals surface area (Å²) in [6.07, 6.45) is -1.69. The largest absolute Gasteiger partial charge is 0.416 e. The monoisotopic (exact) mass is 540 g/mol. The first-order chi connectivity index (χ1) is 17.0. The maximum Gasteiger partial charge on any atom is 0.416 e. The van der Waals surface area contributed by atoms with Crippen LogP contribution in [0.3, 0.4) is 0 Å². The highest BCUT2D eigenvalue weighted by Gasteiger charge is 2.31. The average molecular weight is 541 g/mol. The van der Waals surface area contributed by atoms with Crippen LogP contribution in [-0.2, 0) is 16.9 Å². The topological polar surface area (TPSA) is 111 Å². The molecule has 0 saturated heterocycles. The molecule has 3 aromatic rings. The zero-order chi connectivity index (χ0) is 26.5. The number of aromatic nitrogens is 1. The highest BCUT2D eigenvalue weighted by Crippen LogP contribution is 2.33. The molecule has 3 rings (SSSR count). The number of nitrogens with zero attached hydrogens (tertiary/aromatic N) is 1. The molecule has 0 unspecified atom stereocenters. The Morgan fingerprint density at radius 2 is 1.83 bits per heavy atom. The van der Waals surface area contributed by atoms with Gasteiger partial charge in [0, 0.05) is 47.3 Å². The molecular formula is C24H24F4N4O2S2. The summed E-state index contributed by atoms with van der Waals surface area (Å²) in [4.78, 5) is 4.25. The van der Waals surface area contributed by atoms with E-state index in [4.69, 9.17) is 11.5 Å². The zero-order valence-electron chi connectivity index (χ0n) is 18.8. The lowest BCUT2D eigenvalue weighted by molar-refractivity contribution is -0.137. The molecule has 5 N–H and O–H groups in total. The van der Waals surface area contributed by atoms with Crippen LogP contribution in [0.1, 0.15) is 22.6 Å². The number of hydrogen-bond donors (Lipinski definition) is 4. The second-order valence-electron chi connectivity index (χ2n) is 7.91. The van der Waals surface area contributed by atoms with Crippen LogP contribution in [0.4, 0.5) is 17.6 Å². The van der Waals surface area contributed by atoms with Crippen LogP contribution >= 0.6 is 11.8 Å². The minimum absolute atomic E-state index is 0.104. The number of thiol groups is 1. The first kappa shape index (κ1) is 27.5. The number of halogens is 4. The van der Waals surface area contributed by atoms with E-state index < -0.39 is 40.4 Å². The molecule has 0 radical (unpaired) electrons. The van der Waals surface area contributed by atoms with Crippen LogP contribution in [-0.4, -0.2) is 31.7 Å². The Balaban J connectivity index is 1.68. The fraction of sp³-hybridized carbons (Fsp3) is 0.208. The number of fused-ring (bicyclic) bond motifs is 1. The molecular weight excluding hydrogens is 516 g/mol. The minimum atomic E-state index is -4.50. The number of pyridine rings is 1. The predicted molar refractivity (Wildman–Crippen MR) is 136 cm³/mol. The summed E-state index contributed by atoms with van der Waals surface area (Å²) in [5.74, 6) is -1.65. The van der Waals surface area contributed by atoms with Crippen molar-refractivity contribution in [3.8, 4) is 0 Å². The molecule has 12 heteroatoms. The Labute approximate surface area is 211 Å². The van der Waals surface area contributed by atoms with Crippen LogP contribution in [0.2, 0.25) is 0 Å². The number of rotatable bonds is 10. The molecule has 0 amide bonds. The number of hydrogen-bond acceptors (Lipinski definition) is 7. The Bertz CT molecular complexity index is 1330. The van der Waals surface area contributed by atoms with Gasteiger partial charge in [0.2, 0.25) is 5.95 Å². The molecule has 0 aliphatic carbocycles. The molecule has 1 aromatic heterocycles. The van der Waals surface area contributed by atoms with E-state index in [1.165, 1.54) is 42.4 Å². The third-order valence-electron chi connectivity index (χ3n) is 5.42. The van der Waals surface area contributed by atoms with Gasteiger partial charge in [-0.25, -0.2) is 13.4 Å². The normalized spacial score (nSPS) is 14.1. The third kappa shape index (κ3) is 7.21. The number of nitrogens with one attached hydrogen (secondary N) is 1. The summed E-state index contributed by atoms with van der Waals surface area (Å²) < 4.78 is 75.0. The fourth-order valence-corrected chi connectivity index (χ4v) is 5.10. The van der Waals surface area contributed by atoms with Gasteiger partial charge in [0.05, 0.1) is 16.3 Å². The van der Waals surface area contributed by atoms with Gasteiger partial charge >= 0.3 is 6.18 Å². The molecule has 2 atom stereocenters. The summed E-state index contributed by atoms with van der Waals surface area (Å²) in [5.41, 5.74) is 12.3. The predicted octanol–water partition coefficient (Wildman–Crippen LogP) is 4.17. The Morgan fingerprint density at radius 1 is 1.14 bits per heavy atom. The van der Waals surface area contributed by atoms with Gasteiger partial charge < -0.3 is 16.8 Å². The van der Waals surface area contributed by atoms with Crippen LogP contribution in [0.15, 0.2) is 72.5 Å². The Hall–Kier alpha value is -3.09. The molecule has 0 aliphatic rings. The van der Waals surface area contributed by atoms with Crippen molar-refractivity contribution in [3.05, 3.63) is 95.2 Å². The van der Waals surface area contributed by atoms with Gasteiger partial charge in [0.25, 0.3) is 0 Å². The number of nitrogens with two attached hydrogens (primary N) is 2. The van der Waals surface area contributed by atoms with Gasteiger partial charge in [-0.2, -0.15) is 17.6 Å². The van der Waals surface area contributed by atoms with Crippen molar-refractivity contribution in [3.63, 3.8) is 0 Å². The van der Waals surface area contributed by atoms with Gasteiger partial charge in [-0.1, -0.05) is 42.6 Å². The van der Waals surface area contributed by atoms with E-state index in [1.807, 2.05) is 0 Å². The van der Waals surface area contributed by atoms with E-state index in [-0.39, 0.29) is 12.3 Å². The van der Waals surface area contributed by atoms with Gasteiger partial charge in [0.15, 0.2) is 0 Å². The van der Waals surface area contributed by atoms with E-state index in [0.717, 1.165) is 23.1 Å². The van der Waals surface area contributed by atoms with Crippen molar-refractivity contribution < 1.29 is 26.0 Å². The molecule has 0 spiro atoms. The second-order valence-corrected chi connectivity index (χ2v) is 10.1. The maximum absolute atomic E-state index is 13.5. The quantitative estimate of drug-likeness (QED) is 0.174. The first-order valence-corrected chi connectivity index (χ1v) is 12.8. The summed E-state index contributed by atoms with van der Waals surface area (Å²) in [5, 5.41) is 4.89. The molecule has 36 heavy (non-hydrogen) atoms. The Kier molecular flexibility index (Phi) is 8.98. The average Bonchev–Trinajstić information content (AvgIpc) is 2.83. The first-order valence-electron chi connectivity index (χ1n) is 10.6. The molecule has 1 heterocycles. The SMILES string of the molecule is C=C(NC[C@@H](N)[C@@H](C[SH](=O)=O)c1ccc(C(F)(F)F)cc1)S/C(=C\N)c1ccc2cnc(F)cc2c1. The van der Waals surface area contributed by atoms with E-state index in [2.05, 4.69) is 16.9 Å². The van der Waals surface area contributed by atoms with Gasteiger partial charge in [-0.15, -0.1) is 0 Å². The molecule has 0 bridgehead atoms. The molecule has 6 nitrogen and oxygen atoms in total. The molecule has 0 saturated carbocycles. The van der Waals surface area contributed by atoms with Crippen molar-refractivity contribution in [1.29, 1.82) is 0 Å². The van der Waals surface area contributed by atoms with E-state index in [1.54, 1.807) is 18.2 Å². The number of thioether (sulfide) groups is 1.